The van der Waals surface area contributed by atoms with Crippen molar-refractivity contribution in [2.45, 2.75) is 70.3 Å². The van der Waals surface area contributed by atoms with Gasteiger partial charge in [-0.1, -0.05) is 50.3 Å². The lowest BCUT2D eigenvalue weighted by molar-refractivity contribution is -0.122. The molecule has 1 aromatic carbocycles. The van der Waals surface area contributed by atoms with Crippen molar-refractivity contribution in [2.75, 3.05) is 0 Å². The summed E-state index contributed by atoms with van der Waals surface area (Å²) in [6.45, 7) is 0. The Hall–Kier alpha value is -2.17. The zero-order valence-electron chi connectivity index (χ0n) is 14.7. The van der Waals surface area contributed by atoms with Crippen LogP contribution < -0.4 is 5.32 Å². The van der Waals surface area contributed by atoms with Gasteiger partial charge in [0.15, 0.2) is 0 Å². The maximum atomic E-state index is 12.1. The molecule has 0 unspecified atom stereocenters. The molecule has 134 valence electrons. The number of nitrogens with zero attached hydrogens (tertiary/aromatic N) is 2. The molecular formula is C20H27N3O2. The van der Waals surface area contributed by atoms with Gasteiger partial charge in [-0.05, 0) is 31.4 Å². The van der Waals surface area contributed by atoms with Gasteiger partial charge in [0.2, 0.25) is 17.7 Å². The normalized spacial score (nSPS) is 16.2. The van der Waals surface area contributed by atoms with E-state index in [1.54, 1.807) is 0 Å². The number of carbonyl (C=O) groups excluding carboxylic acids is 1. The van der Waals surface area contributed by atoms with E-state index in [2.05, 4.69) is 15.5 Å². The van der Waals surface area contributed by atoms with Gasteiger partial charge in [0.05, 0.1) is 0 Å². The molecule has 1 N–H and O–H groups in total. The van der Waals surface area contributed by atoms with Crippen molar-refractivity contribution in [1.29, 1.82) is 0 Å². The molecule has 0 bridgehead atoms. The lowest BCUT2D eigenvalue weighted by Crippen LogP contribution is -2.35. The summed E-state index contributed by atoms with van der Waals surface area (Å²) in [5.41, 5.74) is 0.920. The van der Waals surface area contributed by atoms with Gasteiger partial charge in [0.1, 0.15) is 0 Å². The van der Waals surface area contributed by atoms with Crippen LogP contribution >= 0.6 is 0 Å². The fraction of sp³-hybridized carbons (Fsp3) is 0.550. The van der Waals surface area contributed by atoms with E-state index in [1.165, 1.54) is 32.1 Å². The molecule has 5 nitrogen and oxygen atoms in total. The van der Waals surface area contributed by atoms with E-state index < -0.39 is 0 Å². The molecule has 1 aliphatic rings. The number of amides is 1. The van der Waals surface area contributed by atoms with E-state index in [0.29, 0.717) is 30.7 Å². The largest absolute Gasteiger partial charge is 0.421 e. The minimum absolute atomic E-state index is 0.147. The summed E-state index contributed by atoms with van der Waals surface area (Å²) in [4.78, 5) is 12.1. The second kappa shape index (κ2) is 9.35. The molecule has 0 aliphatic heterocycles. The summed E-state index contributed by atoms with van der Waals surface area (Å²) < 4.78 is 5.68. The van der Waals surface area contributed by atoms with Crippen molar-refractivity contribution in [3.05, 3.63) is 36.2 Å². The molecule has 1 amide bonds. The first-order valence-electron chi connectivity index (χ1n) is 9.48. The molecule has 1 aliphatic carbocycles. The van der Waals surface area contributed by atoms with Crippen LogP contribution in [0, 0.1) is 0 Å². The molecule has 0 atom stereocenters. The molecule has 1 saturated carbocycles. The monoisotopic (exact) mass is 341 g/mol. The van der Waals surface area contributed by atoms with Crippen molar-refractivity contribution < 1.29 is 9.21 Å². The molecule has 25 heavy (non-hydrogen) atoms. The van der Waals surface area contributed by atoms with Crippen molar-refractivity contribution in [1.82, 2.24) is 15.5 Å². The van der Waals surface area contributed by atoms with E-state index in [0.717, 1.165) is 24.8 Å². The summed E-state index contributed by atoms with van der Waals surface area (Å²) >= 11 is 0. The number of hydrogen-bond donors (Lipinski definition) is 1. The summed E-state index contributed by atoms with van der Waals surface area (Å²) in [6, 6.07) is 10.1. The van der Waals surface area contributed by atoms with Crippen LogP contribution in [0.15, 0.2) is 34.7 Å². The molecular weight excluding hydrogens is 314 g/mol. The second-order valence-corrected chi connectivity index (χ2v) is 6.83. The highest BCUT2D eigenvalue weighted by Crippen LogP contribution is 2.19. The third-order valence-corrected chi connectivity index (χ3v) is 4.75. The molecule has 3 rings (SSSR count). The Bertz CT molecular complexity index is 646. The van der Waals surface area contributed by atoms with Crippen LogP contribution in [0.2, 0.25) is 0 Å². The van der Waals surface area contributed by atoms with Crippen LogP contribution in [-0.4, -0.2) is 22.1 Å². The van der Waals surface area contributed by atoms with Crippen LogP contribution in [0.1, 0.15) is 63.7 Å². The van der Waals surface area contributed by atoms with Gasteiger partial charge in [-0.25, -0.2) is 0 Å². The Labute approximate surface area is 149 Å². The highest BCUT2D eigenvalue weighted by Gasteiger charge is 2.14. The Balaban J connectivity index is 1.40. The smallest absolute Gasteiger partial charge is 0.247 e. The fourth-order valence-electron chi connectivity index (χ4n) is 3.35. The lowest BCUT2D eigenvalue weighted by Gasteiger charge is -2.20. The minimum atomic E-state index is 0.147. The van der Waals surface area contributed by atoms with Gasteiger partial charge < -0.3 is 9.73 Å². The topological polar surface area (TPSA) is 68.0 Å². The maximum Gasteiger partial charge on any atom is 0.247 e. The first kappa shape index (κ1) is 17.6. The summed E-state index contributed by atoms with van der Waals surface area (Å²) in [6.07, 6.45) is 10.5. The minimum Gasteiger partial charge on any atom is -0.421 e. The highest BCUT2D eigenvalue weighted by molar-refractivity contribution is 5.76. The Kier molecular flexibility index (Phi) is 6.60. The average molecular weight is 341 g/mol. The quantitative estimate of drug-likeness (QED) is 0.851. The Morgan fingerprint density at radius 1 is 1.04 bits per heavy atom. The fourth-order valence-corrected chi connectivity index (χ4v) is 3.35. The molecule has 1 aromatic heterocycles. The van der Waals surface area contributed by atoms with Crippen LogP contribution in [0.25, 0.3) is 11.5 Å². The van der Waals surface area contributed by atoms with E-state index >= 15 is 0 Å². The first-order chi connectivity index (χ1) is 12.3. The van der Waals surface area contributed by atoms with Gasteiger partial charge in [-0.3, -0.25) is 4.79 Å². The predicted molar refractivity (Wildman–Crippen MR) is 96.9 cm³/mol. The summed E-state index contributed by atoms with van der Waals surface area (Å²) in [5.74, 6) is 1.28. The number of aromatic nitrogens is 2. The van der Waals surface area contributed by atoms with E-state index in [1.807, 2.05) is 30.3 Å². The van der Waals surface area contributed by atoms with Crippen LogP contribution in [0.3, 0.4) is 0 Å². The Morgan fingerprint density at radius 2 is 1.76 bits per heavy atom. The molecule has 0 spiro atoms. The summed E-state index contributed by atoms with van der Waals surface area (Å²) in [5, 5.41) is 11.4. The lowest BCUT2D eigenvalue weighted by atomic mass is 9.96. The van der Waals surface area contributed by atoms with Crippen molar-refractivity contribution in [3.63, 3.8) is 0 Å². The van der Waals surface area contributed by atoms with Crippen molar-refractivity contribution >= 4 is 5.91 Å². The van der Waals surface area contributed by atoms with Gasteiger partial charge >= 0.3 is 0 Å². The molecule has 2 aromatic rings. The number of hydrogen-bond acceptors (Lipinski definition) is 4. The summed E-state index contributed by atoms with van der Waals surface area (Å²) in [7, 11) is 0. The van der Waals surface area contributed by atoms with Gasteiger partial charge in [-0.2, -0.15) is 0 Å². The molecule has 0 saturated heterocycles. The predicted octanol–water partition coefficient (Wildman–Crippen LogP) is 4.29. The van der Waals surface area contributed by atoms with E-state index in [-0.39, 0.29) is 5.91 Å². The van der Waals surface area contributed by atoms with Crippen molar-refractivity contribution in [3.8, 4) is 11.5 Å². The third kappa shape index (κ3) is 5.69. The van der Waals surface area contributed by atoms with Gasteiger partial charge in [-0.15, -0.1) is 10.2 Å². The zero-order valence-corrected chi connectivity index (χ0v) is 14.7. The van der Waals surface area contributed by atoms with Crippen LogP contribution in [0.5, 0.6) is 0 Å². The second-order valence-electron chi connectivity index (χ2n) is 6.83. The number of rotatable bonds is 6. The highest BCUT2D eigenvalue weighted by atomic mass is 16.4. The molecule has 0 radical (unpaired) electrons. The number of aryl methyl sites for hydroxylation is 1. The van der Waals surface area contributed by atoms with E-state index in [9.17, 15) is 4.79 Å². The van der Waals surface area contributed by atoms with Gasteiger partial charge in [0, 0.05) is 24.4 Å². The first-order valence-corrected chi connectivity index (χ1v) is 9.48. The number of carbonyl (C=O) groups is 1. The van der Waals surface area contributed by atoms with E-state index in [4.69, 9.17) is 4.42 Å². The SMILES string of the molecule is O=C(CCCc1nnc(-c2ccccc2)o1)NC1CCCCCCC1. The third-order valence-electron chi connectivity index (χ3n) is 4.75. The van der Waals surface area contributed by atoms with Gasteiger partial charge in [0.25, 0.3) is 0 Å². The molecule has 5 heteroatoms. The van der Waals surface area contributed by atoms with Crippen molar-refractivity contribution in [2.24, 2.45) is 0 Å². The standard InChI is InChI=1S/C20H27N3O2/c24-18(21-17-12-7-2-1-3-8-13-17)14-9-15-19-22-23-20(25-19)16-10-5-4-6-11-16/h4-6,10-11,17H,1-3,7-9,12-15H2,(H,21,24). The Morgan fingerprint density at radius 3 is 2.52 bits per heavy atom. The molecule has 1 fully saturated rings. The maximum absolute atomic E-state index is 12.1. The van der Waals surface area contributed by atoms with Crippen LogP contribution in [-0.2, 0) is 11.2 Å². The number of nitrogens with one attached hydrogen (secondary N) is 1. The zero-order chi connectivity index (χ0) is 17.3. The number of benzene rings is 1. The van der Waals surface area contributed by atoms with Crippen LogP contribution in [0.4, 0.5) is 0 Å². The average Bonchev–Trinajstić information content (AvgIpc) is 3.07. The molecule has 1 heterocycles.